The average Bonchev–Trinajstić information content (AvgIpc) is 3.69. The fourth-order valence-electron chi connectivity index (χ4n) is 13.2. The highest BCUT2D eigenvalue weighted by molar-refractivity contribution is 6.10. The molecule has 0 bridgehead atoms. The van der Waals surface area contributed by atoms with Gasteiger partial charge in [0.15, 0.2) is 5.58 Å². The molecule has 70 heavy (non-hydrogen) atoms. The van der Waals surface area contributed by atoms with E-state index in [1.807, 2.05) is 0 Å². The minimum absolute atomic E-state index is 0.0283. The van der Waals surface area contributed by atoms with Gasteiger partial charge in [0, 0.05) is 50.0 Å². The first-order valence-electron chi connectivity index (χ1n) is 26.1. The summed E-state index contributed by atoms with van der Waals surface area (Å²) >= 11 is 0. The molecular weight excluding hydrogens is 849 g/mol. The van der Waals surface area contributed by atoms with Crippen molar-refractivity contribution in [3.63, 3.8) is 0 Å². The minimum Gasteiger partial charge on any atom is -0.454 e. The average molecular weight is 923 g/mol. The van der Waals surface area contributed by atoms with Gasteiger partial charge in [-0.2, -0.15) is 0 Å². The van der Waals surface area contributed by atoms with Crippen LogP contribution in [-0.4, -0.2) is 0 Å². The number of anilines is 6. The zero-order valence-corrected chi connectivity index (χ0v) is 44.8. The van der Waals surface area contributed by atoms with E-state index in [9.17, 15) is 0 Å². The van der Waals surface area contributed by atoms with Crippen LogP contribution in [0.2, 0.25) is 0 Å². The Morgan fingerprint density at radius 2 is 0.814 bits per heavy atom. The number of fused-ring (bicyclic) bond motifs is 7. The Balaban J connectivity index is 1.20. The molecule has 7 aromatic carbocycles. The maximum Gasteiger partial charge on any atom is 0.159 e. The smallest absolute Gasteiger partial charge is 0.159 e. The summed E-state index contributed by atoms with van der Waals surface area (Å²) in [5.41, 5.74) is 23.8. The molecule has 3 aliphatic rings. The summed E-state index contributed by atoms with van der Waals surface area (Å²) in [7, 11) is 0. The molecule has 0 spiro atoms. The fraction of sp³-hybridized carbons (Fsp3) is 0.373. The van der Waals surface area contributed by atoms with Crippen molar-refractivity contribution in [3.8, 4) is 0 Å². The van der Waals surface area contributed by atoms with E-state index in [0.717, 1.165) is 51.8 Å². The Bertz CT molecular complexity index is 3440. The first kappa shape index (κ1) is 46.3. The van der Waals surface area contributed by atoms with E-state index in [0.29, 0.717) is 0 Å². The quantitative estimate of drug-likeness (QED) is 0.166. The lowest BCUT2D eigenvalue weighted by Gasteiger charge is -2.45. The molecule has 0 aliphatic heterocycles. The van der Waals surface area contributed by atoms with Crippen molar-refractivity contribution >= 4 is 56.1 Å². The molecule has 0 fully saturated rings. The second kappa shape index (κ2) is 15.5. The molecule has 0 atom stereocenters. The van der Waals surface area contributed by atoms with E-state index in [4.69, 9.17) is 4.42 Å². The molecular formula is C67H74N2O. The van der Waals surface area contributed by atoms with E-state index in [-0.39, 0.29) is 32.5 Å². The summed E-state index contributed by atoms with van der Waals surface area (Å²) in [6.07, 6.45) is 4.65. The zero-order chi connectivity index (χ0) is 49.7. The van der Waals surface area contributed by atoms with Gasteiger partial charge in [0.1, 0.15) is 5.58 Å². The number of rotatable bonds is 6. The summed E-state index contributed by atoms with van der Waals surface area (Å²) in [4.78, 5) is 5.12. The van der Waals surface area contributed by atoms with Gasteiger partial charge in [-0.25, -0.2) is 0 Å². The van der Waals surface area contributed by atoms with E-state index < -0.39 is 0 Å². The van der Waals surface area contributed by atoms with Gasteiger partial charge >= 0.3 is 0 Å². The normalized spacial score (nSPS) is 18.7. The van der Waals surface area contributed by atoms with Crippen LogP contribution in [0.4, 0.5) is 34.1 Å². The number of hydrogen-bond donors (Lipinski definition) is 0. The van der Waals surface area contributed by atoms with Gasteiger partial charge < -0.3 is 14.2 Å². The lowest BCUT2D eigenvalue weighted by Crippen LogP contribution is -2.36. The van der Waals surface area contributed by atoms with Crippen molar-refractivity contribution in [2.45, 2.75) is 162 Å². The Labute approximate surface area is 419 Å². The molecule has 3 heteroatoms. The molecule has 1 aromatic heterocycles. The topological polar surface area (TPSA) is 19.6 Å². The number of hydrogen-bond acceptors (Lipinski definition) is 3. The monoisotopic (exact) mass is 923 g/mol. The SMILES string of the molecule is Cc1cc(N(c2ccc3c(c2)C(C)(C)c2ccccc2C3(C)C)c2cc3c(cc2C)C(C)(C)CCC3(C)C)cc(N(c2cc3c(cc2C)C(C)(C)CCC3(C)C)c2cccc3c2oc2ccccc23)c1. The third-order valence-corrected chi connectivity index (χ3v) is 17.9. The third kappa shape index (κ3) is 7.03. The van der Waals surface area contributed by atoms with E-state index in [1.54, 1.807) is 0 Å². The molecule has 8 aromatic rings. The van der Waals surface area contributed by atoms with Crippen LogP contribution in [-0.2, 0) is 32.5 Å². The first-order valence-corrected chi connectivity index (χ1v) is 26.1. The second-order valence-corrected chi connectivity index (χ2v) is 25.4. The van der Waals surface area contributed by atoms with Crippen molar-refractivity contribution in [2.24, 2.45) is 0 Å². The number of nitrogens with zero attached hydrogens (tertiary/aromatic N) is 2. The lowest BCUT2D eigenvalue weighted by atomic mass is 9.60. The van der Waals surface area contributed by atoms with E-state index >= 15 is 0 Å². The predicted octanol–water partition coefficient (Wildman–Crippen LogP) is 19.1. The summed E-state index contributed by atoms with van der Waals surface area (Å²) in [6.45, 7) is 36.1. The van der Waals surface area contributed by atoms with Gasteiger partial charge in [0.2, 0.25) is 0 Å². The summed E-state index contributed by atoms with van der Waals surface area (Å²) in [6, 6.07) is 49.1. The molecule has 0 amide bonds. The van der Waals surface area contributed by atoms with Crippen molar-refractivity contribution in [1.29, 1.82) is 0 Å². The standard InChI is InChI=1S/C67H74N2O/c1-41-33-45(37-46(34-41)69(57-25-20-22-48-47-21-16-19-26-60(47)70-61(48)57)59-40-55-53(36-43(59)3)63(6,7)30-32-65(55,10)11)68(58-39-54-52(35-42(58)2)62(4,5)29-31-64(54,8)9)44-27-28-51-56(38-44)67(14,15)50-24-18-17-23-49(50)66(51,12)13/h16-28,33-40H,29-32H2,1-15H3. The number of benzene rings is 7. The first-order chi connectivity index (χ1) is 32.9. The Morgan fingerprint density at radius 3 is 1.39 bits per heavy atom. The van der Waals surface area contributed by atoms with Crippen LogP contribution in [0.3, 0.4) is 0 Å². The summed E-state index contributed by atoms with van der Waals surface area (Å²) < 4.78 is 6.95. The van der Waals surface area contributed by atoms with Crippen molar-refractivity contribution in [3.05, 3.63) is 189 Å². The number of aryl methyl sites for hydroxylation is 3. The van der Waals surface area contributed by atoms with Gasteiger partial charge in [0.25, 0.3) is 0 Å². The highest BCUT2D eigenvalue weighted by Gasteiger charge is 2.43. The van der Waals surface area contributed by atoms with Crippen LogP contribution in [0.5, 0.6) is 0 Å². The molecule has 0 unspecified atom stereocenters. The summed E-state index contributed by atoms with van der Waals surface area (Å²) in [5.74, 6) is 0. The maximum absolute atomic E-state index is 6.95. The molecule has 11 rings (SSSR count). The molecule has 1 heterocycles. The Morgan fingerprint density at radius 1 is 0.357 bits per heavy atom. The van der Waals surface area contributed by atoms with Crippen LogP contribution < -0.4 is 9.80 Å². The maximum atomic E-state index is 6.95. The molecule has 0 saturated heterocycles. The predicted molar refractivity (Wildman–Crippen MR) is 299 cm³/mol. The molecule has 358 valence electrons. The van der Waals surface area contributed by atoms with Crippen LogP contribution in [0.1, 0.15) is 170 Å². The molecule has 0 saturated carbocycles. The lowest BCUT2D eigenvalue weighted by molar-refractivity contribution is 0.332. The highest BCUT2D eigenvalue weighted by Crippen LogP contribution is 2.55. The Kier molecular flexibility index (Phi) is 10.2. The van der Waals surface area contributed by atoms with Crippen molar-refractivity contribution < 1.29 is 4.42 Å². The van der Waals surface area contributed by atoms with E-state index in [2.05, 4.69) is 241 Å². The summed E-state index contributed by atoms with van der Waals surface area (Å²) in [5, 5.41) is 2.26. The van der Waals surface area contributed by atoms with Gasteiger partial charge in [-0.05, 0) is 184 Å². The van der Waals surface area contributed by atoms with Crippen LogP contribution in [0.25, 0.3) is 21.9 Å². The van der Waals surface area contributed by atoms with Crippen LogP contribution in [0.15, 0.2) is 132 Å². The highest BCUT2D eigenvalue weighted by atomic mass is 16.3. The second-order valence-electron chi connectivity index (χ2n) is 25.4. The van der Waals surface area contributed by atoms with Crippen molar-refractivity contribution in [2.75, 3.05) is 9.80 Å². The molecule has 0 radical (unpaired) electrons. The fourth-order valence-corrected chi connectivity index (χ4v) is 13.2. The third-order valence-electron chi connectivity index (χ3n) is 17.9. The zero-order valence-electron chi connectivity index (χ0n) is 44.8. The van der Waals surface area contributed by atoms with Gasteiger partial charge in [0.05, 0.1) is 5.69 Å². The molecule has 0 N–H and O–H groups in total. The Hall–Kier alpha value is -6.06. The molecule has 3 nitrogen and oxygen atoms in total. The van der Waals surface area contributed by atoms with E-state index in [1.165, 1.54) is 91.1 Å². The molecule has 3 aliphatic carbocycles. The van der Waals surface area contributed by atoms with Gasteiger partial charge in [-0.15, -0.1) is 0 Å². The number of para-hydroxylation sites is 2. The van der Waals surface area contributed by atoms with Gasteiger partial charge in [-0.1, -0.05) is 156 Å². The van der Waals surface area contributed by atoms with Crippen LogP contribution >= 0.6 is 0 Å². The number of furan rings is 1. The van der Waals surface area contributed by atoms with Gasteiger partial charge in [-0.3, -0.25) is 0 Å². The largest absolute Gasteiger partial charge is 0.454 e. The minimum atomic E-state index is -0.202. The van der Waals surface area contributed by atoms with Crippen LogP contribution in [0, 0.1) is 20.8 Å². The van der Waals surface area contributed by atoms with Crippen molar-refractivity contribution in [1.82, 2.24) is 0 Å².